The van der Waals surface area contributed by atoms with E-state index in [0.717, 1.165) is 10.8 Å². The molecule has 0 aliphatic carbocycles. The zero-order valence-corrected chi connectivity index (χ0v) is 15.6. The third-order valence-corrected chi connectivity index (χ3v) is 4.53. The van der Waals surface area contributed by atoms with Crippen LogP contribution in [0.3, 0.4) is 0 Å². The van der Waals surface area contributed by atoms with Gasteiger partial charge in [-0.2, -0.15) is 0 Å². The molecule has 0 heterocycles. The molecule has 6 nitrogen and oxygen atoms in total. The second kappa shape index (κ2) is 8.63. The molecule has 0 bridgehead atoms. The van der Waals surface area contributed by atoms with Crippen LogP contribution in [0.5, 0.6) is 0 Å². The third-order valence-electron chi connectivity index (χ3n) is 4.04. The van der Waals surface area contributed by atoms with Gasteiger partial charge in [0.15, 0.2) is 0 Å². The van der Waals surface area contributed by atoms with Crippen LogP contribution in [-0.4, -0.2) is 28.5 Å². The summed E-state index contributed by atoms with van der Waals surface area (Å²) in [6, 6.07) is 18.2. The van der Waals surface area contributed by atoms with Gasteiger partial charge >= 0.3 is 13.8 Å². The molecule has 3 aromatic rings. The molecule has 0 saturated carbocycles. The Morgan fingerprint density at radius 3 is 2.46 bits per heavy atom. The van der Waals surface area contributed by atoms with E-state index in [9.17, 15) is 13.8 Å². The number of phosphoric ester groups is 1. The molecular weight excluding hydrogens is 386 g/mol. The first-order chi connectivity index (χ1) is 13.3. The van der Waals surface area contributed by atoms with Crippen molar-refractivity contribution in [3.8, 4) is 0 Å². The summed E-state index contributed by atoms with van der Waals surface area (Å²) < 4.78 is 34.3. The molecule has 0 aliphatic rings. The fourth-order valence-corrected chi connectivity index (χ4v) is 3.14. The van der Waals surface area contributed by atoms with E-state index >= 15 is 0 Å². The predicted molar refractivity (Wildman–Crippen MR) is 101 cm³/mol. The Balaban J connectivity index is 1.78. The van der Waals surface area contributed by atoms with Crippen molar-refractivity contribution >= 4 is 24.6 Å². The minimum atomic E-state index is -4.75. The van der Waals surface area contributed by atoms with Crippen molar-refractivity contribution in [2.24, 2.45) is 0 Å². The lowest BCUT2D eigenvalue weighted by atomic mass is 10.1. The van der Waals surface area contributed by atoms with Crippen LogP contribution in [0.2, 0.25) is 0 Å². The number of ether oxygens (including phenoxy) is 1. The number of rotatable bonds is 7. The van der Waals surface area contributed by atoms with Gasteiger partial charge in [-0.3, -0.25) is 4.52 Å². The highest BCUT2D eigenvalue weighted by molar-refractivity contribution is 7.46. The van der Waals surface area contributed by atoms with Crippen LogP contribution in [0.1, 0.15) is 15.9 Å². The number of carbonyl (C=O) groups is 1. The van der Waals surface area contributed by atoms with E-state index in [1.54, 1.807) is 24.3 Å². The van der Waals surface area contributed by atoms with Crippen LogP contribution in [0.4, 0.5) is 4.39 Å². The molecule has 3 aromatic carbocycles. The van der Waals surface area contributed by atoms with Gasteiger partial charge in [0, 0.05) is 6.42 Å². The standard InChI is InChI=1S/C20H18FO6P/c21-18-7-3-4-14(10-18)11-19(13-26-28(23,24)25)27-20(22)17-9-8-15-5-1-2-6-16(15)12-17/h1-10,12,19H,11,13H2,(H2,23,24,25). The number of hydrogen-bond donors (Lipinski definition) is 2. The summed E-state index contributed by atoms with van der Waals surface area (Å²) in [4.78, 5) is 30.4. The smallest absolute Gasteiger partial charge is 0.456 e. The molecule has 8 heteroatoms. The monoisotopic (exact) mass is 404 g/mol. The average molecular weight is 404 g/mol. The summed E-state index contributed by atoms with van der Waals surface area (Å²) >= 11 is 0. The van der Waals surface area contributed by atoms with E-state index in [2.05, 4.69) is 4.52 Å². The van der Waals surface area contributed by atoms with Crippen molar-refractivity contribution in [1.82, 2.24) is 0 Å². The molecule has 0 spiro atoms. The van der Waals surface area contributed by atoms with Gasteiger partial charge in [-0.15, -0.1) is 0 Å². The highest BCUT2D eigenvalue weighted by Crippen LogP contribution is 2.36. The normalized spacial score (nSPS) is 12.7. The molecule has 28 heavy (non-hydrogen) atoms. The topological polar surface area (TPSA) is 93.1 Å². The fourth-order valence-electron chi connectivity index (χ4n) is 2.78. The van der Waals surface area contributed by atoms with Gasteiger partial charge in [-0.25, -0.2) is 13.8 Å². The Morgan fingerprint density at radius 2 is 1.75 bits per heavy atom. The summed E-state index contributed by atoms with van der Waals surface area (Å²) in [6.45, 7) is -0.528. The Bertz CT molecular complexity index is 1030. The Labute approximate surface area is 160 Å². The summed E-state index contributed by atoms with van der Waals surface area (Å²) in [5.41, 5.74) is 0.796. The molecule has 2 N–H and O–H groups in total. The van der Waals surface area contributed by atoms with Crippen molar-refractivity contribution in [2.75, 3.05) is 6.61 Å². The van der Waals surface area contributed by atoms with Gasteiger partial charge in [0.2, 0.25) is 0 Å². The van der Waals surface area contributed by atoms with Crippen molar-refractivity contribution < 1.29 is 32.8 Å². The first-order valence-electron chi connectivity index (χ1n) is 8.44. The third kappa shape index (κ3) is 5.71. The molecule has 0 aliphatic heterocycles. The maximum Gasteiger partial charge on any atom is 0.469 e. The maximum absolute atomic E-state index is 13.4. The molecular formula is C20H18FO6P. The van der Waals surface area contributed by atoms with Crippen molar-refractivity contribution in [3.63, 3.8) is 0 Å². The van der Waals surface area contributed by atoms with Gasteiger partial charge in [-0.05, 0) is 40.6 Å². The van der Waals surface area contributed by atoms with E-state index in [1.807, 2.05) is 24.3 Å². The van der Waals surface area contributed by atoms with Gasteiger partial charge in [0.1, 0.15) is 11.9 Å². The first kappa shape index (κ1) is 20.2. The minimum absolute atomic E-state index is 0.0388. The predicted octanol–water partition coefficient (Wildman–Crippen LogP) is 3.86. The fraction of sp³-hybridized carbons (Fsp3) is 0.150. The van der Waals surface area contributed by atoms with Gasteiger partial charge in [0.05, 0.1) is 12.2 Å². The molecule has 0 saturated heterocycles. The summed E-state index contributed by atoms with van der Waals surface area (Å²) in [7, 11) is -4.75. The lowest BCUT2D eigenvalue weighted by Crippen LogP contribution is -2.25. The lowest BCUT2D eigenvalue weighted by Gasteiger charge is -2.19. The SMILES string of the molecule is O=C(OC(COP(=O)(O)O)Cc1cccc(F)c1)c1ccc2ccccc2c1. The lowest BCUT2D eigenvalue weighted by molar-refractivity contribution is 0.0135. The van der Waals surface area contributed by atoms with Gasteiger partial charge in [-0.1, -0.05) is 42.5 Å². The Hall–Kier alpha value is -2.57. The highest BCUT2D eigenvalue weighted by Gasteiger charge is 2.22. The Morgan fingerprint density at radius 1 is 1.00 bits per heavy atom. The minimum Gasteiger partial charge on any atom is -0.456 e. The number of hydrogen-bond acceptors (Lipinski definition) is 4. The van der Waals surface area contributed by atoms with E-state index in [4.69, 9.17) is 14.5 Å². The summed E-state index contributed by atoms with van der Waals surface area (Å²) in [5.74, 6) is -1.13. The van der Waals surface area contributed by atoms with Crippen molar-refractivity contribution in [1.29, 1.82) is 0 Å². The molecule has 0 amide bonds. The average Bonchev–Trinajstić information content (AvgIpc) is 2.65. The summed E-state index contributed by atoms with van der Waals surface area (Å²) in [6.07, 6.45) is -0.967. The molecule has 0 radical (unpaired) electrons. The number of carbonyl (C=O) groups excluding carboxylic acids is 1. The van der Waals surface area contributed by atoms with E-state index in [-0.39, 0.29) is 6.42 Å². The molecule has 1 atom stereocenters. The van der Waals surface area contributed by atoms with Gasteiger partial charge in [0.25, 0.3) is 0 Å². The highest BCUT2D eigenvalue weighted by atomic mass is 31.2. The van der Waals surface area contributed by atoms with Gasteiger partial charge < -0.3 is 14.5 Å². The van der Waals surface area contributed by atoms with Crippen molar-refractivity contribution in [2.45, 2.75) is 12.5 Å². The second-order valence-corrected chi connectivity index (χ2v) is 7.45. The summed E-state index contributed by atoms with van der Waals surface area (Å²) in [5, 5.41) is 1.81. The Kier molecular flexibility index (Phi) is 6.21. The maximum atomic E-state index is 13.4. The van der Waals surface area contributed by atoms with Crippen molar-refractivity contribution in [3.05, 3.63) is 83.7 Å². The first-order valence-corrected chi connectivity index (χ1v) is 9.97. The number of halogens is 1. The zero-order chi connectivity index (χ0) is 20.1. The molecule has 0 aromatic heterocycles. The number of fused-ring (bicyclic) bond motifs is 1. The van der Waals surface area contributed by atoms with Crippen LogP contribution in [0.15, 0.2) is 66.7 Å². The van der Waals surface area contributed by atoms with Crippen LogP contribution >= 0.6 is 7.82 Å². The second-order valence-electron chi connectivity index (χ2n) is 6.21. The largest absolute Gasteiger partial charge is 0.469 e. The van der Waals surface area contributed by atoms with Crippen LogP contribution in [0.25, 0.3) is 10.8 Å². The number of phosphoric acid groups is 1. The molecule has 3 rings (SSSR count). The van der Waals surface area contributed by atoms with E-state index in [0.29, 0.717) is 11.1 Å². The molecule has 0 fully saturated rings. The zero-order valence-electron chi connectivity index (χ0n) is 14.7. The van der Waals surface area contributed by atoms with Crippen LogP contribution in [-0.2, 0) is 20.2 Å². The van der Waals surface area contributed by atoms with E-state index in [1.165, 1.54) is 18.2 Å². The van der Waals surface area contributed by atoms with Crippen LogP contribution in [0, 0.1) is 5.82 Å². The van der Waals surface area contributed by atoms with Crippen LogP contribution < -0.4 is 0 Å². The van der Waals surface area contributed by atoms with E-state index < -0.39 is 32.3 Å². The number of benzene rings is 3. The quantitative estimate of drug-likeness (QED) is 0.459. The molecule has 1 unspecified atom stereocenters. The number of esters is 1. The molecule has 146 valence electrons.